The van der Waals surface area contributed by atoms with Gasteiger partial charge in [0.15, 0.2) is 18.1 Å². The van der Waals surface area contributed by atoms with Crippen LogP contribution in [0.25, 0.3) is 0 Å². The maximum absolute atomic E-state index is 11.7. The maximum atomic E-state index is 11.7. The van der Waals surface area contributed by atoms with Crippen LogP contribution in [-0.2, 0) is 4.79 Å². The molecule has 0 aliphatic carbocycles. The average Bonchev–Trinajstić information content (AvgIpc) is 2.45. The van der Waals surface area contributed by atoms with E-state index >= 15 is 0 Å². The highest BCUT2D eigenvalue weighted by atomic mass is 35.5. The van der Waals surface area contributed by atoms with Gasteiger partial charge in [-0.25, -0.2) is 4.98 Å². The number of aromatic nitrogens is 1. The van der Waals surface area contributed by atoms with Crippen molar-refractivity contribution in [2.45, 2.75) is 0 Å². The smallest absolute Gasteiger partial charge is 0.263 e. The molecule has 104 valence electrons. The fourth-order valence-electron chi connectivity index (χ4n) is 1.53. The summed E-state index contributed by atoms with van der Waals surface area (Å²) in [5, 5.41) is 3.09. The van der Waals surface area contributed by atoms with Gasteiger partial charge in [-0.1, -0.05) is 23.7 Å². The minimum Gasteiger partial charge on any atom is -0.493 e. The summed E-state index contributed by atoms with van der Waals surface area (Å²) in [6.07, 6.45) is 1.51. The SMILES string of the molecule is COc1ccccc1OCC(=O)Nc1cc(Cl)ccn1. The van der Waals surface area contributed by atoms with Crippen LogP contribution in [0.2, 0.25) is 5.02 Å². The number of benzene rings is 1. The zero-order valence-corrected chi connectivity index (χ0v) is 11.6. The Morgan fingerprint density at radius 2 is 2.05 bits per heavy atom. The molecule has 0 atom stereocenters. The number of anilines is 1. The van der Waals surface area contributed by atoms with Crippen molar-refractivity contribution in [3.8, 4) is 11.5 Å². The van der Waals surface area contributed by atoms with Gasteiger partial charge in [0.05, 0.1) is 7.11 Å². The molecule has 0 saturated carbocycles. The van der Waals surface area contributed by atoms with Crippen molar-refractivity contribution in [1.82, 2.24) is 4.98 Å². The molecular weight excluding hydrogens is 280 g/mol. The zero-order valence-electron chi connectivity index (χ0n) is 10.8. The maximum Gasteiger partial charge on any atom is 0.263 e. The lowest BCUT2D eigenvalue weighted by atomic mass is 10.3. The summed E-state index contributed by atoms with van der Waals surface area (Å²) in [7, 11) is 1.54. The van der Waals surface area contributed by atoms with E-state index in [0.29, 0.717) is 22.3 Å². The highest BCUT2D eigenvalue weighted by molar-refractivity contribution is 6.30. The molecule has 1 amide bonds. The Hall–Kier alpha value is -2.27. The van der Waals surface area contributed by atoms with Crippen LogP contribution >= 0.6 is 11.6 Å². The number of carbonyl (C=O) groups is 1. The molecule has 1 aromatic carbocycles. The van der Waals surface area contributed by atoms with E-state index in [4.69, 9.17) is 21.1 Å². The lowest BCUT2D eigenvalue weighted by molar-refractivity contribution is -0.118. The van der Waals surface area contributed by atoms with Crippen molar-refractivity contribution in [1.29, 1.82) is 0 Å². The van der Waals surface area contributed by atoms with Crippen LogP contribution in [0, 0.1) is 0 Å². The van der Waals surface area contributed by atoms with E-state index in [2.05, 4.69) is 10.3 Å². The average molecular weight is 293 g/mol. The van der Waals surface area contributed by atoms with Crippen LogP contribution in [0.3, 0.4) is 0 Å². The van der Waals surface area contributed by atoms with E-state index in [1.54, 1.807) is 30.3 Å². The van der Waals surface area contributed by atoms with Crippen molar-refractivity contribution < 1.29 is 14.3 Å². The first-order valence-corrected chi connectivity index (χ1v) is 6.24. The van der Waals surface area contributed by atoms with Crippen LogP contribution in [0.4, 0.5) is 5.82 Å². The summed E-state index contributed by atoms with van der Waals surface area (Å²) >= 11 is 5.80. The van der Waals surface area contributed by atoms with E-state index in [1.807, 2.05) is 6.07 Å². The Morgan fingerprint density at radius 3 is 2.75 bits per heavy atom. The summed E-state index contributed by atoms with van der Waals surface area (Å²) in [5.74, 6) is 1.13. The van der Waals surface area contributed by atoms with Gasteiger partial charge in [0.25, 0.3) is 5.91 Å². The van der Waals surface area contributed by atoms with Gasteiger partial charge in [0.1, 0.15) is 5.82 Å². The molecule has 1 aromatic heterocycles. The Kier molecular flexibility index (Phi) is 4.79. The van der Waals surface area contributed by atoms with Crippen LogP contribution in [0.1, 0.15) is 0 Å². The fourth-order valence-corrected chi connectivity index (χ4v) is 1.69. The van der Waals surface area contributed by atoms with Gasteiger partial charge in [-0.15, -0.1) is 0 Å². The van der Waals surface area contributed by atoms with Gasteiger partial charge >= 0.3 is 0 Å². The van der Waals surface area contributed by atoms with Gasteiger partial charge < -0.3 is 14.8 Å². The third-order valence-electron chi connectivity index (χ3n) is 2.42. The molecule has 6 heteroatoms. The third kappa shape index (κ3) is 3.86. The lowest BCUT2D eigenvalue weighted by Crippen LogP contribution is -2.20. The molecule has 0 radical (unpaired) electrons. The number of nitrogens with zero attached hydrogens (tertiary/aromatic N) is 1. The first kappa shape index (κ1) is 14.1. The number of nitrogens with one attached hydrogen (secondary N) is 1. The van der Waals surface area contributed by atoms with Gasteiger partial charge in [-0.05, 0) is 24.3 Å². The minimum absolute atomic E-state index is 0.144. The van der Waals surface area contributed by atoms with Gasteiger partial charge in [-0.2, -0.15) is 0 Å². The van der Waals surface area contributed by atoms with Crippen LogP contribution < -0.4 is 14.8 Å². The number of para-hydroxylation sites is 2. The van der Waals surface area contributed by atoms with Crippen molar-refractivity contribution >= 4 is 23.3 Å². The topological polar surface area (TPSA) is 60.5 Å². The van der Waals surface area contributed by atoms with Crippen molar-refractivity contribution in [3.63, 3.8) is 0 Å². The highest BCUT2D eigenvalue weighted by Gasteiger charge is 2.07. The molecule has 1 heterocycles. The summed E-state index contributed by atoms with van der Waals surface area (Å²) in [5.41, 5.74) is 0. The highest BCUT2D eigenvalue weighted by Crippen LogP contribution is 2.25. The minimum atomic E-state index is -0.328. The van der Waals surface area contributed by atoms with Crippen LogP contribution in [0.5, 0.6) is 11.5 Å². The van der Waals surface area contributed by atoms with Gasteiger partial charge in [-0.3, -0.25) is 4.79 Å². The number of carbonyl (C=O) groups excluding carboxylic acids is 1. The molecule has 2 aromatic rings. The van der Waals surface area contributed by atoms with Crippen LogP contribution in [-0.4, -0.2) is 24.6 Å². The molecule has 1 N–H and O–H groups in total. The number of amides is 1. The number of rotatable bonds is 5. The van der Waals surface area contributed by atoms with E-state index in [1.165, 1.54) is 13.3 Å². The molecule has 0 unspecified atom stereocenters. The second kappa shape index (κ2) is 6.77. The number of methoxy groups -OCH3 is 1. The Morgan fingerprint density at radius 1 is 1.30 bits per heavy atom. The second-order valence-corrected chi connectivity index (χ2v) is 4.28. The second-order valence-electron chi connectivity index (χ2n) is 3.85. The van der Waals surface area contributed by atoms with E-state index in [9.17, 15) is 4.79 Å². The summed E-state index contributed by atoms with van der Waals surface area (Å²) in [6, 6.07) is 10.3. The van der Waals surface area contributed by atoms with E-state index in [-0.39, 0.29) is 12.5 Å². The third-order valence-corrected chi connectivity index (χ3v) is 2.65. The summed E-state index contributed by atoms with van der Waals surface area (Å²) < 4.78 is 10.5. The Bertz CT molecular complexity index is 604. The molecule has 0 spiro atoms. The zero-order chi connectivity index (χ0) is 14.4. The molecule has 0 aliphatic heterocycles. The molecular formula is C14H13ClN2O3. The number of pyridine rings is 1. The molecule has 0 aliphatic rings. The number of ether oxygens (including phenoxy) is 2. The number of halogens is 1. The number of hydrogen-bond acceptors (Lipinski definition) is 4. The summed E-state index contributed by atoms with van der Waals surface area (Å²) in [4.78, 5) is 15.7. The Balaban J connectivity index is 1.92. The van der Waals surface area contributed by atoms with Gasteiger partial charge in [0, 0.05) is 11.2 Å². The van der Waals surface area contributed by atoms with Crippen molar-refractivity contribution in [3.05, 3.63) is 47.6 Å². The first-order valence-electron chi connectivity index (χ1n) is 5.86. The predicted molar refractivity (Wildman–Crippen MR) is 76.4 cm³/mol. The van der Waals surface area contributed by atoms with E-state index < -0.39 is 0 Å². The molecule has 0 bridgehead atoms. The quantitative estimate of drug-likeness (QED) is 0.920. The molecule has 0 fully saturated rings. The molecule has 0 saturated heterocycles. The molecule has 2 rings (SSSR count). The monoisotopic (exact) mass is 292 g/mol. The van der Waals surface area contributed by atoms with E-state index in [0.717, 1.165) is 0 Å². The Labute approximate surface area is 121 Å². The normalized spacial score (nSPS) is 9.90. The van der Waals surface area contributed by atoms with Crippen molar-refractivity contribution in [2.75, 3.05) is 19.0 Å². The largest absolute Gasteiger partial charge is 0.493 e. The lowest BCUT2D eigenvalue weighted by Gasteiger charge is -2.10. The molecule has 20 heavy (non-hydrogen) atoms. The predicted octanol–water partition coefficient (Wildman–Crippen LogP) is 2.76. The van der Waals surface area contributed by atoms with Gasteiger partial charge in [0.2, 0.25) is 0 Å². The van der Waals surface area contributed by atoms with Crippen LogP contribution in [0.15, 0.2) is 42.6 Å². The first-order chi connectivity index (χ1) is 9.69. The standard InChI is InChI=1S/C14H13ClN2O3/c1-19-11-4-2-3-5-12(11)20-9-14(18)17-13-8-10(15)6-7-16-13/h2-8H,9H2,1H3,(H,16,17,18). The fraction of sp³-hybridized carbons (Fsp3) is 0.143. The number of hydrogen-bond donors (Lipinski definition) is 1. The molecule has 5 nitrogen and oxygen atoms in total. The summed E-state index contributed by atoms with van der Waals surface area (Å²) in [6.45, 7) is -0.144. The van der Waals surface area contributed by atoms with Crippen molar-refractivity contribution in [2.24, 2.45) is 0 Å².